The Labute approximate surface area is 147 Å². The lowest BCUT2D eigenvalue weighted by molar-refractivity contribution is 0.308. The van der Waals surface area contributed by atoms with E-state index < -0.39 is 10.1 Å². The first-order chi connectivity index (χ1) is 12.0. The zero-order valence-corrected chi connectivity index (χ0v) is 14.5. The smallest absolute Gasteiger partial charge is 0.297 e. The van der Waals surface area contributed by atoms with Crippen LogP contribution in [-0.2, 0) is 20.9 Å². The molecule has 0 atom stereocenters. The quantitative estimate of drug-likeness (QED) is 0.695. The molecule has 0 saturated carbocycles. The normalized spacial score (nSPS) is 11.4. The van der Waals surface area contributed by atoms with Gasteiger partial charge in [-0.1, -0.05) is 54.1 Å². The fourth-order valence-electron chi connectivity index (χ4n) is 2.48. The summed E-state index contributed by atoms with van der Waals surface area (Å²) in [7, 11) is -3.82. The summed E-state index contributed by atoms with van der Waals surface area (Å²) in [6, 6.07) is 20.7. The number of hydrogen-bond acceptors (Lipinski definition) is 4. The second-order valence-electron chi connectivity index (χ2n) is 5.73. The zero-order valence-electron chi connectivity index (χ0n) is 13.7. The van der Waals surface area contributed by atoms with Crippen LogP contribution in [0.5, 0.6) is 5.75 Å². The van der Waals surface area contributed by atoms with Crippen LogP contribution in [0.3, 0.4) is 0 Å². The SMILES string of the molecule is Cc1ccc(S(=O)(=O)OCc2ccccc2-c2ccc(O)cc2)cc1. The van der Waals surface area contributed by atoms with Crippen LogP contribution < -0.4 is 0 Å². The highest BCUT2D eigenvalue weighted by atomic mass is 32.2. The third kappa shape index (κ3) is 4.07. The van der Waals surface area contributed by atoms with Gasteiger partial charge in [-0.05, 0) is 47.9 Å². The second kappa shape index (κ2) is 7.09. The van der Waals surface area contributed by atoms with Crippen molar-refractivity contribution in [2.24, 2.45) is 0 Å². The molecule has 3 aromatic rings. The van der Waals surface area contributed by atoms with Crippen molar-refractivity contribution in [3.8, 4) is 16.9 Å². The maximum Gasteiger partial charge on any atom is 0.297 e. The van der Waals surface area contributed by atoms with Crippen LogP contribution >= 0.6 is 0 Å². The molecule has 0 aromatic heterocycles. The molecule has 3 rings (SSSR count). The first kappa shape index (κ1) is 17.2. The Bertz CT molecular complexity index is 959. The highest BCUT2D eigenvalue weighted by Gasteiger charge is 2.16. The Balaban J connectivity index is 1.84. The molecule has 5 heteroatoms. The minimum absolute atomic E-state index is 0.0622. The average Bonchev–Trinajstić information content (AvgIpc) is 2.61. The molecule has 0 saturated heterocycles. The van der Waals surface area contributed by atoms with Crippen molar-refractivity contribution >= 4 is 10.1 Å². The first-order valence-corrected chi connectivity index (χ1v) is 9.20. The van der Waals surface area contributed by atoms with Crippen molar-refractivity contribution in [3.63, 3.8) is 0 Å². The summed E-state index contributed by atoms with van der Waals surface area (Å²) in [6.45, 7) is 1.83. The standard InChI is InChI=1S/C20H18O4S/c1-15-6-12-19(13-7-15)25(22,23)24-14-17-4-2-3-5-20(17)16-8-10-18(21)11-9-16/h2-13,21H,14H2,1H3. The fraction of sp³-hybridized carbons (Fsp3) is 0.100. The molecule has 4 nitrogen and oxygen atoms in total. The Morgan fingerprint density at radius 2 is 1.52 bits per heavy atom. The monoisotopic (exact) mass is 354 g/mol. The lowest BCUT2D eigenvalue weighted by Crippen LogP contribution is -2.07. The molecule has 0 amide bonds. The van der Waals surface area contributed by atoms with Crippen LogP contribution in [0.1, 0.15) is 11.1 Å². The average molecular weight is 354 g/mol. The van der Waals surface area contributed by atoms with Crippen molar-refractivity contribution in [3.05, 3.63) is 83.9 Å². The largest absolute Gasteiger partial charge is 0.508 e. The summed E-state index contributed by atoms with van der Waals surface area (Å²) in [5, 5.41) is 9.42. The van der Waals surface area contributed by atoms with E-state index >= 15 is 0 Å². The van der Waals surface area contributed by atoms with Crippen LogP contribution in [0, 0.1) is 6.92 Å². The van der Waals surface area contributed by atoms with Gasteiger partial charge in [-0.3, -0.25) is 4.18 Å². The van der Waals surface area contributed by atoms with E-state index in [1.807, 2.05) is 31.2 Å². The second-order valence-corrected chi connectivity index (χ2v) is 7.35. The molecule has 128 valence electrons. The number of phenols is 1. The summed E-state index contributed by atoms with van der Waals surface area (Å²) < 4.78 is 30.0. The van der Waals surface area contributed by atoms with Crippen LogP contribution in [0.15, 0.2) is 77.7 Å². The zero-order chi connectivity index (χ0) is 17.9. The third-order valence-corrected chi connectivity index (χ3v) is 5.15. The minimum Gasteiger partial charge on any atom is -0.508 e. The molecule has 0 aliphatic carbocycles. The number of aromatic hydroxyl groups is 1. The van der Waals surface area contributed by atoms with Crippen LogP contribution in [0.2, 0.25) is 0 Å². The molecule has 0 bridgehead atoms. The van der Waals surface area contributed by atoms with Crippen LogP contribution in [0.4, 0.5) is 0 Å². The van der Waals surface area contributed by atoms with E-state index in [-0.39, 0.29) is 17.3 Å². The molecule has 1 N–H and O–H groups in total. The molecule has 3 aromatic carbocycles. The summed E-state index contributed by atoms with van der Waals surface area (Å²) in [5.41, 5.74) is 3.48. The van der Waals surface area contributed by atoms with Gasteiger partial charge in [0.1, 0.15) is 5.75 Å². The van der Waals surface area contributed by atoms with Gasteiger partial charge in [-0.2, -0.15) is 8.42 Å². The topological polar surface area (TPSA) is 63.6 Å². The number of hydrogen-bond donors (Lipinski definition) is 1. The molecular weight excluding hydrogens is 336 g/mol. The van der Waals surface area contributed by atoms with E-state index in [9.17, 15) is 13.5 Å². The predicted octanol–water partition coefficient (Wildman–Crippen LogP) is 4.27. The molecule has 25 heavy (non-hydrogen) atoms. The van der Waals surface area contributed by atoms with Gasteiger partial charge in [0.15, 0.2) is 0 Å². The molecule has 0 heterocycles. The van der Waals surface area contributed by atoms with E-state index in [1.165, 1.54) is 12.1 Å². The van der Waals surface area contributed by atoms with Crippen molar-refractivity contribution in [2.75, 3.05) is 0 Å². The van der Waals surface area contributed by atoms with Crippen molar-refractivity contribution in [2.45, 2.75) is 18.4 Å². The van der Waals surface area contributed by atoms with E-state index in [1.54, 1.807) is 36.4 Å². The Morgan fingerprint density at radius 3 is 2.20 bits per heavy atom. The number of phenolic OH excluding ortho intramolecular Hbond substituents is 1. The van der Waals surface area contributed by atoms with Gasteiger partial charge in [0.2, 0.25) is 0 Å². The summed E-state index contributed by atoms with van der Waals surface area (Å²) in [5.74, 6) is 0.180. The molecule has 0 spiro atoms. The minimum atomic E-state index is -3.82. The fourth-order valence-corrected chi connectivity index (χ4v) is 3.37. The highest BCUT2D eigenvalue weighted by Crippen LogP contribution is 2.27. The predicted molar refractivity (Wildman–Crippen MR) is 96.7 cm³/mol. The van der Waals surface area contributed by atoms with Crippen LogP contribution in [-0.4, -0.2) is 13.5 Å². The number of rotatable bonds is 5. The molecular formula is C20H18O4S. The van der Waals surface area contributed by atoms with Gasteiger partial charge in [0, 0.05) is 0 Å². The molecule has 0 fully saturated rings. The van der Waals surface area contributed by atoms with Crippen molar-refractivity contribution in [1.82, 2.24) is 0 Å². The summed E-state index contributed by atoms with van der Waals surface area (Å²) in [4.78, 5) is 0.139. The molecule has 0 aliphatic heterocycles. The maximum atomic E-state index is 12.4. The lowest BCUT2D eigenvalue weighted by Gasteiger charge is -2.11. The van der Waals surface area contributed by atoms with Gasteiger partial charge in [0.25, 0.3) is 10.1 Å². The summed E-state index contributed by atoms with van der Waals surface area (Å²) in [6.07, 6.45) is 0. The van der Waals surface area contributed by atoms with E-state index in [0.717, 1.165) is 22.3 Å². The van der Waals surface area contributed by atoms with Gasteiger partial charge >= 0.3 is 0 Å². The third-order valence-electron chi connectivity index (χ3n) is 3.87. The maximum absolute atomic E-state index is 12.4. The van der Waals surface area contributed by atoms with Crippen molar-refractivity contribution in [1.29, 1.82) is 0 Å². The van der Waals surface area contributed by atoms with Crippen molar-refractivity contribution < 1.29 is 17.7 Å². The number of aryl methyl sites for hydroxylation is 1. The van der Waals surface area contributed by atoms with E-state index in [0.29, 0.717) is 0 Å². The Kier molecular flexibility index (Phi) is 4.88. The first-order valence-electron chi connectivity index (χ1n) is 7.79. The number of benzene rings is 3. The molecule has 0 radical (unpaired) electrons. The van der Waals surface area contributed by atoms with Gasteiger partial charge in [-0.25, -0.2) is 0 Å². The van der Waals surface area contributed by atoms with Crippen LogP contribution in [0.25, 0.3) is 11.1 Å². The van der Waals surface area contributed by atoms with Gasteiger partial charge < -0.3 is 5.11 Å². The van der Waals surface area contributed by atoms with E-state index in [2.05, 4.69) is 0 Å². The molecule has 0 unspecified atom stereocenters. The summed E-state index contributed by atoms with van der Waals surface area (Å²) >= 11 is 0. The van der Waals surface area contributed by atoms with Gasteiger partial charge in [0.05, 0.1) is 11.5 Å². The Hall–Kier alpha value is -2.63. The van der Waals surface area contributed by atoms with E-state index in [4.69, 9.17) is 4.18 Å². The Morgan fingerprint density at radius 1 is 0.880 bits per heavy atom. The lowest BCUT2D eigenvalue weighted by atomic mass is 10.0. The highest BCUT2D eigenvalue weighted by molar-refractivity contribution is 7.86. The molecule has 0 aliphatic rings. The van der Waals surface area contributed by atoms with Gasteiger partial charge in [-0.15, -0.1) is 0 Å².